The Morgan fingerprint density at radius 1 is 1.21 bits per heavy atom. The van der Waals surface area contributed by atoms with Gasteiger partial charge in [-0.25, -0.2) is 0 Å². The van der Waals surface area contributed by atoms with Crippen LogP contribution in [0.2, 0.25) is 5.02 Å². The van der Waals surface area contributed by atoms with Crippen molar-refractivity contribution >= 4 is 29.4 Å². The van der Waals surface area contributed by atoms with Crippen molar-refractivity contribution in [1.82, 2.24) is 4.90 Å². The van der Waals surface area contributed by atoms with Gasteiger partial charge in [-0.3, -0.25) is 19.3 Å². The maximum Gasteiger partial charge on any atom is 0.313 e. The fourth-order valence-electron chi connectivity index (χ4n) is 3.56. The van der Waals surface area contributed by atoms with Crippen molar-refractivity contribution in [2.24, 2.45) is 11.8 Å². The molecule has 2 aliphatic rings. The monoisotopic (exact) mass is 349 g/mol. The topological polar surface area (TPSA) is 63.7 Å². The first-order chi connectivity index (χ1) is 11.5. The van der Waals surface area contributed by atoms with Crippen LogP contribution in [0.4, 0.5) is 0 Å². The Morgan fingerprint density at radius 2 is 1.83 bits per heavy atom. The van der Waals surface area contributed by atoms with E-state index in [0.29, 0.717) is 10.8 Å². The molecular weight excluding hydrogens is 330 g/mol. The summed E-state index contributed by atoms with van der Waals surface area (Å²) in [6.45, 7) is 1.89. The number of rotatable bonds is 4. The molecule has 6 heteroatoms. The van der Waals surface area contributed by atoms with Gasteiger partial charge in [-0.05, 0) is 43.5 Å². The number of benzene rings is 1. The van der Waals surface area contributed by atoms with Gasteiger partial charge in [-0.2, -0.15) is 0 Å². The molecule has 0 aromatic heterocycles. The van der Waals surface area contributed by atoms with Crippen LogP contribution in [-0.2, 0) is 14.4 Å². The lowest BCUT2D eigenvalue weighted by Gasteiger charge is -2.19. The fraction of sp³-hybridized carbons (Fsp3) is 0.500. The smallest absolute Gasteiger partial charge is 0.313 e. The van der Waals surface area contributed by atoms with E-state index < -0.39 is 5.97 Å². The minimum atomic E-state index is -0.462. The molecule has 24 heavy (non-hydrogen) atoms. The number of carbonyl (C=O) groups excluding carboxylic acids is 3. The minimum absolute atomic E-state index is 0.00101. The van der Waals surface area contributed by atoms with Crippen LogP contribution in [0.1, 0.15) is 37.7 Å². The van der Waals surface area contributed by atoms with Crippen molar-refractivity contribution in [2.45, 2.75) is 39.0 Å². The highest BCUT2D eigenvalue weighted by Crippen LogP contribution is 2.38. The van der Waals surface area contributed by atoms with Gasteiger partial charge in [-0.1, -0.05) is 24.4 Å². The zero-order valence-corrected chi connectivity index (χ0v) is 14.3. The number of likely N-dealkylation sites (tertiary alicyclic amines) is 1. The predicted octanol–water partition coefficient (Wildman–Crippen LogP) is 3.12. The molecule has 1 aromatic rings. The number of nitrogens with zero attached hydrogens (tertiary/aromatic N) is 1. The van der Waals surface area contributed by atoms with Crippen LogP contribution in [0.25, 0.3) is 0 Å². The third-order valence-electron chi connectivity index (χ3n) is 4.83. The molecule has 2 atom stereocenters. The average molecular weight is 350 g/mol. The summed E-state index contributed by atoms with van der Waals surface area (Å²) in [5.74, 6) is -0.630. The van der Waals surface area contributed by atoms with Gasteiger partial charge in [0.15, 0.2) is 0 Å². The molecule has 0 spiro atoms. The summed E-state index contributed by atoms with van der Waals surface area (Å²) in [6, 6.07) is 4.99. The fourth-order valence-corrected chi connectivity index (χ4v) is 3.78. The Bertz CT molecular complexity index is 664. The number of fused-ring (bicyclic) bond motifs is 1. The van der Waals surface area contributed by atoms with Crippen molar-refractivity contribution in [1.29, 1.82) is 0 Å². The van der Waals surface area contributed by atoms with E-state index >= 15 is 0 Å². The maximum atomic E-state index is 12.4. The molecule has 0 N–H and O–H groups in total. The molecule has 1 saturated heterocycles. The molecule has 0 bridgehead atoms. The van der Waals surface area contributed by atoms with Gasteiger partial charge in [0.25, 0.3) is 0 Å². The number of aryl methyl sites for hydroxylation is 1. The van der Waals surface area contributed by atoms with E-state index in [0.717, 1.165) is 31.2 Å². The zero-order valence-electron chi connectivity index (χ0n) is 13.6. The van der Waals surface area contributed by atoms with Gasteiger partial charge in [0.2, 0.25) is 11.8 Å². The lowest BCUT2D eigenvalue weighted by molar-refractivity contribution is -0.141. The van der Waals surface area contributed by atoms with Gasteiger partial charge < -0.3 is 4.74 Å². The van der Waals surface area contributed by atoms with E-state index in [1.54, 1.807) is 25.1 Å². The number of hydrogen-bond acceptors (Lipinski definition) is 4. The van der Waals surface area contributed by atoms with Crippen LogP contribution >= 0.6 is 11.6 Å². The largest absolute Gasteiger partial charge is 0.426 e. The lowest BCUT2D eigenvalue weighted by Crippen LogP contribution is -2.33. The number of halogens is 1. The van der Waals surface area contributed by atoms with E-state index in [2.05, 4.69) is 0 Å². The normalized spacial score (nSPS) is 23.3. The second-order valence-electron chi connectivity index (χ2n) is 6.46. The standard InChI is InChI=1S/C18H20ClNO4/c1-11-10-12(19)6-7-15(11)24-16(21)8-9-20-17(22)13-4-2-3-5-14(13)18(20)23/h6-7,10,13-14H,2-5,8-9H2,1H3/t13-,14-/m0/s1. The molecular formula is C18H20ClNO4. The lowest BCUT2D eigenvalue weighted by atomic mass is 9.81. The molecule has 0 radical (unpaired) electrons. The third-order valence-corrected chi connectivity index (χ3v) is 5.07. The van der Waals surface area contributed by atoms with Crippen molar-refractivity contribution in [3.8, 4) is 5.75 Å². The van der Waals surface area contributed by atoms with Crippen molar-refractivity contribution in [3.63, 3.8) is 0 Å². The Kier molecular flexibility index (Phi) is 4.90. The van der Waals surface area contributed by atoms with E-state index in [4.69, 9.17) is 16.3 Å². The molecule has 0 unspecified atom stereocenters. The Hall–Kier alpha value is -1.88. The molecule has 1 aromatic carbocycles. The Labute approximate surface area is 145 Å². The molecule has 1 aliphatic carbocycles. The third kappa shape index (κ3) is 3.31. The molecule has 2 fully saturated rings. The molecule has 1 saturated carbocycles. The minimum Gasteiger partial charge on any atom is -0.426 e. The summed E-state index contributed by atoms with van der Waals surface area (Å²) in [5.41, 5.74) is 0.759. The second-order valence-corrected chi connectivity index (χ2v) is 6.90. The number of hydrogen-bond donors (Lipinski definition) is 0. The van der Waals surface area contributed by atoms with Crippen LogP contribution in [0.15, 0.2) is 18.2 Å². The van der Waals surface area contributed by atoms with Crippen molar-refractivity contribution < 1.29 is 19.1 Å². The molecule has 128 valence electrons. The van der Waals surface area contributed by atoms with E-state index in [1.807, 2.05) is 0 Å². The van der Waals surface area contributed by atoms with Gasteiger partial charge in [-0.15, -0.1) is 0 Å². The van der Waals surface area contributed by atoms with Gasteiger partial charge in [0, 0.05) is 11.6 Å². The number of imide groups is 1. The maximum absolute atomic E-state index is 12.4. The molecule has 1 aliphatic heterocycles. The summed E-state index contributed by atoms with van der Waals surface area (Å²) in [7, 11) is 0. The second kappa shape index (κ2) is 6.93. The van der Waals surface area contributed by atoms with Crippen LogP contribution in [0, 0.1) is 18.8 Å². The molecule has 2 amide bonds. The quantitative estimate of drug-likeness (QED) is 0.476. The van der Waals surface area contributed by atoms with Crippen LogP contribution < -0.4 is 4.74 Å². The Morgan fingerprint density at radius 3 is 2.42 bits per heavy atom. The van der Waals surface area contributed by atoms with Gasteiger partial charge >= 0.3 is 5.97 Å². The number of amides is 2. The zero-order chi connectivity index (χ0) is 17.3. The number of ether oxygens (including phenoxy) is 1. The first-order valence-corrected chi connectivity index (χ1v) is 8.67. The predicted molar refractivity (Wildman–Crippen MR) is 88.6 cm³/mol. The number of esters is 1. The van der Waals surface area contributed by atoms with E-state index in [9.17, 15) is 14.4 Å². The number of carbonyl (C=O) groups is 3. The SMILES string of the molecule is Cc1cc(Cl)ccc1OC(=O)CCN1C(=O)[C@H]2CCCC[C@@H]2C1=O. The molecule has 3 rings (SSSR count). The summed E-state index contributed by atoms with van der Waals surface area (Å²) in [4.78, 5) is 38.0. The van der Waals surface area contributed by atoms with Crippen molar-refractivity contribution in [2.75, 3.05) is 6.54 Å². The van der Waals surface area contributed by atoms with Crippen LogP contribution in [0.3, 0.4) is 0 Å². The summed E-state index contributed by atoms with van der Waals surface area (Å²) in [6.07, 6.45) is 3.54. The van der Waals surface area contributed by atoms with E-state index in [1.165, 1.54) is 4.90 Å². The highest BCUT2D eigenvalue weighted by Gasteiger charge is 2.47. The van der Waals surface area contributed by atoms with Crippen LogP contribution in [-0.4, -0.2) is 29.2 Å². The highest BCUT2D eigenvalue weighted by molar-refractivity contribution is 6.30. The molecule has 1 heterocycles. The Balaban J connectivity index is 1.58. The summed E-state index contributed by atoms with van der Waals surface area (Å²) >= 11 is 5.87. The average Bonchev–Trinajstić information content (AvgIpc) is 2.80. The van der Waals surface area contributed by atoms with Gasteiger partial charge in [0.05, 0.1) is 18.3 Å². The summed E-state index contributed by atoms with van der Waals surface area (Å²) in [5, 5.41) is 0.572. The van der Waals surface area contributed by atoms with Crippen LogP contribution in [0.5, 0.6) is 5.75 Å². The highest BCUT2D eigenvalue weighted by atomic mass is 35.5. The summed E-state index contributed by atoms with van der Waals surface area (Å²) < 4.78 is 5.30. The first kappa shape index (κ1) is 17.0. The molecule has 5 nitrogen and oxygen atoms in total. The van der Waals surface area contributed by atoms with E-state index in [-0.39, 0.29) is 36.6 Å². The first-order valence-electron chi connectivity index (χ1n) is 8.29. The van der Waals surface area contributed by atoms with Crippen molar-refractivity contribution in [3.05, 3.63) is 28.8 Å². The van der Waals surface area contributed by atoms with Gasteiger partial charge in [0.1, 0.15) is 5.75 Å².